The van der Waals surface area contributed by atoms with Crippen molar-refractivity contribution >= 4 is 17.3 Å². The summed E-state index contributed by atoms with van der Waals surface area (Å²) in [6, 6.07) is 23.0. The quantitative estimate of drug-likeness (QED) is 0.563. The van der Waals surface area contributed by atoms with Gasteiger partial charge < -0.3 is 10.1 Å². The first-order valence-electron chi connectivity index (χ1n) is 9.53. The molecule has 4 aromatic rings. The van der Waals surface area contributed by atoms with Crippen molar-refractivity contribution in [1.29, 1.82) is 0 Å². The number of carbonyl (C=O) groups is 1. The predicted molar refractivity (Wildman–Crippen MR) is 114 cm³/mol. The first kappa shape index (κ1) is 17.9. The Kier molecular flexibility index (Phi) is 4.40. The number of carbonyl (C=O) groups excluding carboxylic acids is 1. The molecule has 30 heavy (non-hydrogen) atoms. The summed E-state index contributed by atoms with van der Waals surface area (Å²) in [7, 11) is 1.62. The van der Waals surface area contributed by atoms with Crippen LogP contribution in [0.4, 0.5) is 11.4 Å². The highest BCUT2D eigenvalue weighted by Gasteiger charge is 2.34. The second-order valence-electron chi connectivity index (χ2n) is 6.90. The lowest BCUT2D eigenvalue weighted by molar-refractivity contribution is 0.0975. The molecule has 0 saturated heterocycles. The summed E-state index contributed by atoms with van der Waals surface area (Å²) >= 11 is 0. The third kappa shape index (κ3) is 3.06. The van der Waals surface area contributed by atoms with E-state index < -0.39 is 0 Å². The van der Waals surface area contributed by atoms with Gasteiger partial charge in [-0.3, -0.25) is 9.69 Å². The van der Waals surface area contributed by atoms with Crippen molar-refractivity contribution in [2.45, 2.75) is 6.17 Å². The van der Waals surface area contributed by atoms with Crippen molar-refractivity contribution in [3.05, 3.63) is 96.6 Å². The molecule has 7 heteroatoms. The van der Waals surface area contributed by atoms with Crippen molar-refractivity contribution in [2.24, 2.45) is 0 Å². The van der Waals surface area contributed by atoms with Crippen LogP contribution >= 0.6 is 0 Å². The van der Waals surface area contributed by atoms with Gasteiger partial charge in [0.1, 0.15) is 24.6 Å². The largest absolute Gasteiger partial charge is 0.497 e. The molecule has 1 N–H and O–H groups in total. The highest BCUT2D eigenvalue weighted by Crippen LogP contribution is 2.37. The minimum Gasteiger partial charge on any atom is -0.497 e. The van der Waals surface area contributed by atoms with Crippen LogP contribution in [0.2, 0.25) is 0 Å². The number of fused-ring (bicyclic) bond motifs is 1. The van der Waals surface area contributed by atoms with Crippen LogP contribution in [-0.2, 0) is 0 Å². The zero-order valence-electron chi connectivity index (χ0n) is 16.3. The van der Waals surface area contributed by atoms with E-state index in [0.29, 0.717) is 11.3 Å². The van der Waals surface area contributed by atoms with Gasteiger partial charge >= 0.3 is 0 Å². The van der Waals surface area contributed by atoms with Crippen molar-refractivity contribution in [3.8, 4) is 11.4 Å². The maximum Gasteiger partial charge on any atom is 0.262 e. The Balaban J connectivity index is 1.59. The van der Waals surface area contributed by atoms with E-state index in [0.717, 1.165) is 22.6 Å². The van der Waals surface area contributed by atoms with E-state index in [1.165, 1.54) is 6.33 Å². The summed E-state index contributed by atoms with van der Waals surface area (Å²) in [5.74, 6) is 0.627. The Morgan fingerprint density at radius 3 is 2.57 bits per heavy atom. The standard InChI is InChI=1S/C23H19N5O2/c1-30-19-6-4-5-18(13-19)28-22(26-21-8-3-2-7-20(21)23(28)29)16-9-11-17(12-10-16)27-15-24-14-25-27/h2-15,22,26H,1H3. The highest BCUT2D eigenvalue weighted by molar-refractivity contribution is 6.12. The lowest BCUT2D eigenvalue weighted by atomic mass is 10.0. The van der Waals surface area contributed by atoms with Gasteiger partial charge in [-0.05, 0) is 42.0 Å². The molecule has 7 nitrogen and oxygen atoms in total. The molecule has 1 aromatic heterocycles. The predicted octanol–water partition coefficient (Wildman–Crippen LogP) is 4.05. The van der Waals surface area contributed by atoms with Crippen LogP contribution in [0.25, 0.3) is 5.69 Å². The molecule has 148 valence electrons. The van der Waals surface area contributed by atoms with Gasteiger partial charge in [0.05, 0.1) is 24.0 Å². The molecule has 5 rings (SSSR count). The van der Waals surface area contributed by atoms with Crippen LogP contribution in [0, 0.1) is 0 Å². The SMILES string of the molecule is COc1cccc(N2C(=O)c3ccccc3NC2c2ccc(-n3cncn3)cc2)c1. The summed E-state index contributed by atoms with van der Waals surface area (Å²) in [5.41, 5.74) is 4.05. The first-order chi connectivity index (χ1) is 14.7. The molecule has 1 amide bonds. The van der Waals surface area contributed by atoms with Gasteiger partial charge in [0.25, 0.3) is 5.91 Å². The molecule has 0 spiro atoms. The van der Waals surface area contributed by atoms with Gasteiger partial charge in [-0.2, -0.15) is 5.10 Å². The van der Waals surface area contributed by atoms with Crippen LogP contribution in [0.15, 0.2) is 85.5 Å². The Morgan fingerprint density at radius 1 is 0.967 bits per heavy atom. The molecule has 2 heterocycles. The van der Waals surface area contributed by atoms with E-state index in [-0.39, 0.29) is 12.1 Å². The number of benzene rings is 3. The third-order valence-corrected chi connectivity index (χ3v) is 5.15. The second kappa shape index (κ2) is 7.36. The van der Waals surface area contributed by atoms with Gasteiger partial charge in [-0.15, -0.1) is 0 Å². The fourth-order valence-corrected chi connectivity index (χ4v) is 3.66. The van der Waals surface area contributed by atoms with Gasteiger partial charge in [0.2, 0.25) is 0 Å². The topological polar surface area (TPSA) is 72.3 Å². The smallest absolute Gasteiger partial charge is 0.262 e. The zero-order valence-corrected chi connectivity index (χ0v) is 16.3. The Hall–Kier alpha value is -4.13. The van der Waals surface area contributed by atoms with E-state index in [1.54, 1.807) is 23.0 Å². The van der Waals surface area contributed by atoms with E-state index >= 15 is 0 Å². The molecule has 0 bridgehead atoms. The fraction of sp³-hybridized carbons (Fsp3) is 0.0870. The lowest BCUT2D eigenvalue weighted by Gasteiger charge is -2.38. The fourth-order valence-electron chi connectivity index (χ4n) is 3.66. The molecule has 3 aromatic carbocycles. The molecule has 0 fully saturated rings. The molecular weight excluding hydrogens is 378 g/mol. The van der Waals surface area contributed by atoms with Crippen LogP contribution in [0.3, 0.4) is 0 Å². The number of nitrogens with one attached hydrogen (secondary N) is 1. The molecule has 0 radical (unpaired) electrons. The number of rotatable bonds is 4. The Bertz CT molecular complexity index is 1190. The van der Waals surface area contributed by atoms with Gasteiger partial charge in [-0.25, -0.2) is 9.67 Å². The number of aromatic nitrogens is 3. The molecule has 1 aliphatic rings. The number of nitrogens with zero attached hydrogens (tertiary/aromatic N) is 4. The van der Waals surface area contributed by atoms with Gasteiger partial charge in [-0.1, -0.05) is 30.3 Å². The minimum absolute atomic E-state index is 0.0667. The molecule has 1 unspecified atom stereocenters. The second-order valence-corrected chi connectivity index (χ2v) is 6.90. The summed E-state index contributed by atoms with van der Waals surface area (Å²) in [4.78, 5) is 19.2. The molecule has 0 aliphatic carbocycles. The molecule has 1 atom stereocenters. The maximum absolute atomic E-state index is 13.5. The van der Waals surface area contributed by atoms with E-state index in [4.69, 9.17) is 4.74 Å². The van der Waals surface area contributed by atoms with E-state index in [2.05, 4.69) is 15.4 Å². The average molecular weight is 397 g/mol. The number of hydrogen-bond acceptors (Lipinski definition) is 5. The monoisotopic (exact) mass is 397 g/mol. The number of amides is 1. The van der Waals surface area contributed by atoms with Crippen LogP contribution in [0.1, 0.15) is 22.1 Å². The van der Waals surface area contributed by atoms with Crippen molar-refractivity contribution in [3.63, 3.8) is 0 Å². The number of hydrogen-bond donors (Lipinski definition) is 1. The first-order valence-corrected chi connectivity index (χ1v) is 9.53. The van der Waals surface area contributed by atoms with Crippen molar-refractivity contribution < 1.29 is 9.53 Å². The van der Waals surface area contributed by atoms with Crippen LogP contribution in [-0.4, -0.2) is 27.8 Å². The maximum atomic E-state index is 13.5. The van der Waals surface area contributed by atoms with E-state index in [9.17, 15) is 4.79 Å². The summed E-state index contributed by atoms with van der Waals surface area (Å²) in [6.07, 6.45) is 2.77. The summed E-state index contributed by atoms with van der Waals surface area (Å²) in [6.45, 7) is 0. The van der Waals surface area contributed by atoms with Crippen molar-refractivity contribution in [2.75, 3.05) is 17.3 Å². The number of methoxy groups -OCH3 is 1. The highest BCUT2D eigenvalue weighted by atomic mass is 16.5. The number of para-hydroxylation sites is 1. The molecule has 0 saturated carbocycles. The molecular formula is C23H19N5O2. The lowest BCUT2D eigenvalue weighted by Crippen LogP contribution is -2.43. The average Bonchev–Trinajstić information content (AvgIpc) is 3.34. The van der Waals surface area contributed by atoms with Gasteiger partial charge in [0.15, 0.2) is 0 Å². The third-order valence-electron chi connectivity index (χ3n) is 5.15. The van der Waals surface area contributed by atoms with Crippen LogP contribution < -0.4 is 15.0 Å². The van der Waals surface area contributed by atoms with Crippen molar-refractivity contribution in [1.82, 2.24) is 14.8 Å². The van der Waals surface area contributed by atoms with Gasteiger partial charge in [0, 0.05) is 11.8 Å². The molecule has 1 aliphatic heterocycles. The number of anilines is 2. The number of ether oxygens (including phenoxy) is 1. The zero-order chi connectivity index (χ0) is 20.5. The Labute approximate surface area is 173 Å². The van der Waals surface area contributed by atoms with Crippen LogP contribution in [0.5, 0.6) is 5.75 Å². The normalized spacial score (nSPS) is 15.4. The van der Waals surface area contributed by atoms with E-state index in [1.807, 2.05) is 72.8 Å². The summed E-state index contributed by atoms with van der Waals surface area (Å²) < 4.78 is 7.07. The summed E-state index contributed by atoms with van der Waals surface area (Å²) in [5, 5.41) is 7.68. The Morgan fingerprint density at radius 2 is 1.80 bits per heavy atom. The minimum atomic E-state index is -0.371.